The molecule has 0 saturated carbocycles. The van der Waals surface area contributed by atoms with Gasteiger partial charge in [0.15, 0.2) is 0 Å². The van der Waals surface area contributed by atoms with E-state index < -0.39 is 5.97 Å². The molecule has 0 aliphatic carbocycles. The molecule has 7 heteroatoms. The van der Waals surface area contributed by atoms with Crippen LogP contribution in [0.15, 0.2) is 0 Å². The third-order valence-electron chi connectivity index (χ3n) is 0.912. The van der Waals surface area contributed by atoms with Crippen LogP contribution in [0.25, 0.3) is 0 Å². The molecular formula is C4H6N4O3. The van der Waals surface area contributed by atoms with E-state index in [0.717, 1.165) is 0 Å². The second-order valence-electron chi connectivity index (χ2n) is 1.61. The molecule has 0 saturated heterocycles. The fourth-order valence-corrected chi connectivity index (χ4v) is 0.501. The number of ether oxygens (including phenoxy) is 1. The first-order chi connectivity index (χ1) is 5.25. The molecule has 0 fully saturated rings. The molecule has 0 radical (unpaired) electrons. The van der Waals surface area contributed by atoms with Gasteiger partial charge in [-0.1, -0.05) is 9.94 Å². The number of tetrazole rings is 1. The zero-order valence-corrected chi connectivity index (χ0v) is 5.76. The summed E-state index contributed by atoms with van der Waals surface area (Å²) in [5.41, 5.74) is 0. The van der Waals surface area contributed by atoms with Crippen molar-refractivity contribution in [2.24, 2.45) is 0 Å². The summed E-state index contributed by atoms with van der Waals surface area (Å²) in [6.07, 6.45) is 0. The van der Waals surface area contributed by atoms with E-state index in [9.17, 15) is 4.79 Å². The number of carbonyl (C=O) groups is 1. The lowest BCUT2D eigenvalue weighted by Gasteiger charge is -1.96. The average molecular weight is 158 g/mol. The van der Waals surface area contributed by atoms with E-state index >= 15 is 0 Å². The molecule has 1 rings (SSSR count). The summed E-state index contributed by atoms with van der Waals surface area (Å²) in [7, 11) is 0. The number of hydrogen-bond donors (Lipinski definition) is 1. The van der Waals surface area contributed by atoms with E-state index in [-0.39, 0.29) is 17.3 Å². The quantitative estimate of drug-likeness (QED) is 0.442. The van der Waals surface area contributed by atoms with Crippen LogP contribution >= 0.6 is 0 Å². The monoisotopic (exact) mass is 158 g/mol. The second kappa shape index (κ2) is 2.95. The Hall–Kier alpha value is -1.66. The first-order valence-electron chi connectivity index (χ1n) is 2.90. The molecule has 7 nitrogen and oxygen atoms in total. The smallest absolute Gasteiger partial charge is 0.381 e. The second-order valence-corrected chi connectivity index (χ2v) is 1.61. The molecule has 1 aromatic rings. The summed E-state index contributed by atoms with van der Waals surface area (Å²) in [6, 6.07) is 0. The zero-order chi connectivity index (χ0) is 8.27. The lowest BCUT2D eigenvalue weighted by atomic mass is 10.6. The lowest BCUT2D eigenvalue weighted by Crippen LogP contribution is -2.12. The van der Waals surface area contributed by atoms with Crippen LogP contribution in [0.4, 0.5) is 0 Å². The van der Waals surface area contributed by atoms with Crippen LogP contribution in [0.5, 0.6) is 0 Å². The summed E-state index contributed by atoms with van der Waals surface area (Å²) < 4.78 is 4.50. The van der Waals surface area contributed by atoms with Crippen molar-refractivity contribution in [3.05, 3.63) is 5.82 Å². The van der Waals surface area contributed by atoms with Crippen LogP contribution < -0.4 is 0 Å². The SMILES string of the molecule is CCOC(=O)c1nnnn1O. The highest BCUT2D eigenvalue weighted by atomic mass is 16.5. The van der Waals surface area contributed by atoms with Gasteiger partial charge >= 0.3 is 5.97 Å². The number of aromatic nitrogens is 4. The van der Waals surface area contributed by atoms with E-state index in [1.54, 1.807) is 6.92 Å². The maximum atomic E-state index is 10.8. The first kappa shape index (κ1) is 7.45. The van der Waals surface area contributed by atoms with Gasteiger partial charge < -0.3 is 9.94 Å². The molecule has 0 atom stereocenters. The highest BCUT2D eigenvalue weighted by molar-refractivity contribution is 5.84. The fourth-order valence-electron chi connectivity index (χ4n) is 0.501. The van der Waals surface area contributed by atoms with Crippen molar-refractivity contribution in [2.45, 2.75) is 6.92 Å². The van der Waals surface area contributed by atoms with Crippen LogP contribution in [0.1, 0.15) is 17.5 Å². The van der Waals surface area contributed by atoms with Crippen molar-refractivity contribution < 1.29 is 14.7 Å². The minimum absolute atomic E-state index is 0.214. The van der Waals surface area contributed by atoms with Gasteiger partial charge in [0, 0.05) is 0 Å². The molecule has 1 heterocycles. The van der Waals surface area contributed by atoms with Crippen LogP contribution in [0.3, 0.4) is 0 Å². The summed E-state index contributed by atoms with van der Waals surface area (Å²) in [4.78, 5) is 11.0. The fraction of sp³-hybridized carbons (Fsp3) is 0.500. The predicted molar refractivity (Wildman–Crippen MR) is 31.0 cm³/mol. The Morgan fingerprint density at radius 2 is 2.55 bits per heavy atom. The molecule has 0 bridgehead atoms. The Bertz CT molecular complexity index is 258. The molecule has 0 aromatic carbocycles. The van der Waals surface area contributed by atoms with E-state index in [1.165, 1.54) is 0 Å². The predicted octanol–water partition coefficient (Wildman–Crippen LogP) is -0.913. The Morgan fingerprint density at radius 1 is 1.82 bits per heavy atom. The standard InChI is InChI=1S/C4H6N4O3/c1-2-11-4(9)3-5-6-7-8(3)10/h10H,2H2,1H3. The molecule has 0 aliphatic rings. The molecular weight excluding hydrogens is 152 g/mol. The lowest BCUT2D eigenvalue weighted by molar-refractivity contribution is 0.0445. The third-order valence-corrected chi connectivity index (χ3v) is 0.912. The molecule has 0 aliphatic heterocycles. The largest absolute Gasteiger partial charge is 0.460 e. The van der Waals surface area contributed by atoms with Crippen molar-refractivity contribution in [1.29, 1.82) is 0 Å². The van der Waals surface area contributed by atoms with Crippen LogP contribution in [-0.2, 0) is 4.74 Å². The summed E-state index contributed by atoms with van der Waals surface area (Å²) in [5, 5.41) is 18.0. The molecule has 60 valence electrons. The van der Waals surface area contributed by atoms with Crippen molar-refractivity contribution in [3.8, 4) is 0 Å². The van der Waals surface area contributed by atoms with Gasteiger partial charge in [-0.2, -0.15) is 0 Å². The van der Waals surface area contributed by atoms with Crippen molar-refractivity contribution in [1.82, 2.24) is 20.4 Å². The van der Waals surface area contributed by atoms with E-state index in [2.05, 4.69) is 20.3 Å². The van der Waals surface area contributed by atoms with Gasteiger partial charge in [0.25, 0.3) is 5.82 Å². The van der Waals surface area contributed by atoms with Crippen molar-refractivity contribution >= 4 is 5.97 Å². The molecule has 1 N–H and O–H groups in total. The average Bonchev–Trinajstić information content (AvgIpc) is 2.36. The maximum Gasteiger partial charge on any atom is 0.381 e. The minimum Gasteiger partial charge on any atom is -0.460 e. The third kappa shape index (κ3) is 1.42. The number of nitrogens with zero attached hydrogens (tertiary/aromatic N) is 4. The first-order valence-corrected chi connectivity index (χ1v) is 2.90. The molecule has 0 spiro atoms. The number of carbonyl (C=O) groups excluding carboxylic acids is 1. The van der Waals surface area contributed by atoms with Gasteiger partial charge in [0.05, 0.1) is 6.61 Å². The van der Waals surface area contributed by atoms with Gasteiger partial charge in [0.1, 0.15) is 0 Å². The minimum atomic E-state index is -0.750. The topological polar surface area (TPSA) is 90.1 Å². The summed E-state index contributed by atoms with van der Waals surface area (Å²) in [5.74, 6) is -1.08. The van der Waals surface area contributed by atoms with E-state index in [1.807, 2.05) is 0 Å². The Kier molecular flexibility index (Phi) is 2.00. The van der Waals surface area contributed by atoms with Crippen molar-refractivity contribution in [3.63, 3.8) is 0 Å². The van der Waals surface area contributed by atoms with Crippen LogP contribution in [0.2, 0.25) is 0 Å². The Morgan fingerprint density at radius 3 is 3.00 bits per heavy atom. The highest BCUT2D eigenvalue weighted by Gasteiger charge is 2.15. The molecule has 11 heavy (non-hydrogen) atoms. The van der Waals surface area contributed by atoms with Gasteiger partial charge in [-0.25, -0.2) is 4.79 Å². The van der Waals surface area contributed by atoms with Crippen molar-refractivity contribution in [2.75, 3.05) is 6.61 Å². The number of esters is 1. The molecule has 1 aromatic heterocycles. The van der Waals surface area contributed by atoms with Gasteiger partial charge in [-0.15, -0.1) is 0 Å². The normalized spacial score (nSPS) is 9.55. The van der Waals surface area contributed by atoms with Gasteiger partial charge in [-0.05, 0) is 17.4 Å². The van der Waals surface area contributed by atoms with Gasteiger partial charge in [0.2, 0.25) is 0 Å². The number of hydrogen-bond acceptors (Lipinski definition) is 6. The van der Waals surface area contributed by atoms with E-state index in [0.29, 0.717) is 0 Å². The van der Waals surface area contributed by atoms with Crippen LogP contribution in [0, 0.1) is 0 Å². The molecule has 0 unspecified atom stereocenters. The van der Waals surface area contributed by atoms with Crippen LogP contribution in [-0.4, -0.2) is 38.2 Å². The zero-order valence-electron chi connectivity index (χ0n) is 5.76. The number of rotatable bonds is 2. The summed E-state index contributed by atoms with van der Waals surface area (Å²) in [6.45, 7) is 1.86. The highest BCUT2D eigenvalue weighted by Crippen LogP contribution is 1.91. The Balaban J connectivity index is 2.76. The van der Waals surface area contributed by atoms with E-state index in [4.69, 9.17) is 5.21 Å². The summed E-state index contributed by atoms with van der Waals surface area (Å²) >= 11 is 0. The van der Waals surface area contributed by atoms with Gasteiger partial charge in [-0.3, -0.25) is 0 Å². The Labute approximate surface area is 61.5 Å². The maximum absolute atomic E-state index is 10.8. The molecule has 0 amide bonds.